The Labute approximate surface area is 187 Å². The highest BCUT2D eigenvalue weighted by atomic mass is 16.5. The number of hydrogen-bond acceptors (Lipinski definition) is 5. The lowest BCUT2D eigenvalue weighted by Crippen LogP contribution is -2.45. The molecule has 162 valence electrons. The van der Waals surface area contributed by atoms with E-state index in [1.165, 1.54) is 4.90 Å². The third-order valence-corrected chi connectivity index (χ3v) is 6.08. The third-order valence-electron chi connectivity index (χ3n) is 6.08. The van der Waals surface area contributed by atoms with E-state index >= 15 is 0 Å². The minimum atomic E-state index is -0.570. The van der Waals surface area contributed by atoms with Gasteiger partial charge in [-0.15, -0.1) is 0 Å². The van der Waals surface area contributed by atoms with Crippen LogP contribution in [0, 0.1) is 5.92 Å². The number of carbonyl (C=O) groups is 2. The molecule has 3 atom stereocenters. The summed E-state index contributed by atoms with van der Waals surface area (Å²) in [6.07, 6.45) is 0. The van der Waals surface area contributed by atoms with Crippen molar-refractivity contribution < 1.29 is 14.3 Å². The van der Waals surface area contributed by atoms with E-state index in [4.69, 9.17) is 4.74 Å². The van der Waals surface area contributed by atoms with Crippen molar-refractivity contribution in [2.24, 2.45) is 5.92 Å². The molecule has 0 aromatic heterocycles. The van der Waals surface area contributed by atoms with Crippen molar-refractivity contribution in [2.45, 2.75) is 25.6 Å². The number of imide groups is 1. The average Bonchev–Trinajstić information content (AvgIpc) is 3.32. The lowest BCUT2D eigenvalue weighted by atomic mass is 9.91. The summed E-state index contributed by atoms with van der Waals surface area (Å²) in [6, 6.07) is 26.1. The molecule has 2 aliphatic heterocycles. The quantitative estimate of drug-likeness (QED) is 0.608. The van der Waals surface area contributed by atoms with Gasteiger partial charge in [0.25, 0.3) is 5.91 Å². The van der Waals surface area contributed by atoms with Crippen LogP contribution < -0.4 is 15.1 Å². The highest BCUT2D eigenvalue weighted by Gasteiger charge is 2.58. The molecule has 2 heterocycles. The standard InChI is InChI=1S/C26H25N3O3/c1-2-32-21-15-13-20(14-16-21)29-25(30)22-23(19-11-7-4-8-12-19)27-28(24(22)26(29)31)17-18-9-5-3-6-10-18/h3-16,22-24,27H,2,17H2,1H3/t22-,23+,24-/m0/s1. The minimum Gasteiger partial charge on any atom is -0.494 e. The number of anilines is 1. The van der Waals surface area contributed by atoms with Crippen LogP contribution in [0.25, 0.3) is 0 Å². The molecule has 0 spiro atoms. The number of carbonyl (C=O) groups excluding carboxylic acids is 2. The molecule has 2 amide bonds. The molecule has 5 rings (SSSR count). The van der Waals surface area contributed by atoms with E-state index in [2.05, 4.69) is 5.43 Å². The first-order valence-electron chi connectivity index (χ1n) is 10.9. The Bertz CT molecular complexity index is 1100. The van der Waals surface area contributed by atoms with Crippen molar-refractivity contribution in [3.8, 4) is 5.75 Å². The van der Waals surface area contributed by atoms with E-state index in [0.29, 0.717) is 24.6 Å². The summed E-state index contributed by atoms with van der Waals surface area (Å²) < 4.78 is 5.50. The van der Waals surface area contributed by atoms with Crippen molar-refractivity contribution in [3.63, 3.8) is 0 Å². The maximum Gasteiger partial charge on any atom is 0.253 e. The number of hydrogen-bond donors (Lipinski definition) is 1. The second-order valence-electron chi connectivity index (χ2n) is 8.04. The highest BCUT2D eigenvalue weighted by Crippen LogP contribution is 2.42. The van der Waals surface area contributed by atoms with Gasteiger partial charge in [0.05, 0.1) is 24.3 Å². The predicted octanol–water partition coefficient (Wildman–Crippen LogP) is 3.71. The van der Waals surface area contributed by atoms with Crippen LogP contribution in [-0.2, 0) is 16.1 Å². The Balaban J connectivity index is 1.50. The van der Waals surface area contributed by atoms with Crippen LogP contribution in [0.15, 0.2) is 84.9 Å². The lowest BCUT2D eigenvalue weighted by Gasteiger charge is -2.25. The molecule has 2 saturated heterocycles. The van der Waals surface area contributed by atoms with E-state index in [0.717, 1.165) is 11.1 Å². The summed E-state index contributed by atoms with van der Waals surface area (Å²) in [6.45, 7) is 3.01. The average molecular weight is 428 g/mol. The topological polar surface area (TPSA) is 61.9 Å². The minimum absolute atomic E-state index is 0.180. The molecule has 0 aliphatic carbocycles. The van der Waals surface area contributed by atoms with Crippen LogP contribution in [0.2, 0.25) is 0 Å². The van der Waals surface area contributed by atoms with E-state index in [-0.39, 0.29) is 17.9 Å². The van der Waals surface area contributed by atoms with Gasteiger partial charge in [-0.25, -0.2) is 15.3 Å². The molecule has 2 fully saturated rings. The number of ether oxygens (including phenoxy) is 1. The Kier molecular flexibility index (Phi) is 5.47. The van der Waals surface area contributed by atoms with Gasteiger partial charge in [0.15, 0.2) is 0 Å². The SMILES string of the molecule is CCOc1ccc(N2C(=O)[C@H]3[C@@H](c4ccccc4)NN(Cc4ccccc4)[C@@H]3C2=O)cc1. The first-order valence-corrected chi connectivity index (χ1v) is 10.9. The zero-order valence-electron chi connectivity index (χ0n) is 17.8. The third kappa shape index (κ3) is 3.57. The van der Waals surface area contributed by atoms with Crippen molar-refractivity contribution >= 4 is 17.5 Å². The summed E-state index contributed by atoms with van der Waals surface area (Å²) in [5, 5.41) is 1.92. The summed E-state index contributed by atoms with van der Waals surface area (Å²) in [5.74, 6) is -0.169. The first kappa shape index (κ1) is 20.4. The molecular formula is C26H25N3O3. The second kappa shape index (κ2) is 8.57. The predicted molar refractivity (Wildman–Crippen MR) is 122 cm³/mol. The zero-order chi connectivity index (χ0) is 22.1. The van der Waals surface area contributed by atoms with Crippen LogP contribution >= 0.6 is 0 Å². The van der Waals surface area contributed by atoms with Gasteiger partial charge in [0, 0.05) is 6.54 Å². The number of hydrazine groups is 1. The molecule has 0 saturated carbocycles. The summed E-state index contributed by atoms with van der Waals surface area (Å²) in [4.78, 5) is 28.5. The fourth-order valence-corrected chi connectivity index (χ4v) is 4.65. The largest absolute Gasteiger partial charge is 0.494 e. The maximum absolute atomic E-state index is 13.6. The van der Waals surface area contributed by atoms with E-state index in [9.17, 15) is 9.59 Å². The molecule has 3 aromatic carbocycles. The van der Waals surface area contributed by atoms with Crippen LogP contribution in [0.4, 0.5) is 5.69 Å². The second-order valence-corrected chi connectivity index (χ2v) is 8.04. The number of amides is 2. The normalized spacial score (nSPS) is 22.9. The number of rotatable bonds is 6. The zero-order valence-corrected chi connectivity index (χ0v) is 17.8. The van der Waals surface area contributed by atoms with Gasteiger partial charge < -0.3 is 4.74 Å². The molecule has 0 unspecified atom stereocenters. The Morgan fingerprint density at radius 3 is 2.16 bits per heavy atom. The van der Waals surface area contributed by atoms with Crippen molar-refractivity contribution in [2.75, 3.05) is 11.5 Å². The van der Waals surface area contributed by atoms with Gasteiger partial charge in [-0.3, -0.25) is 9.59 Å². The van der Waals surface area contributed by atoms with Gasteiger partial charge >= 0.3 is 0 Å². The monoisotopic (exact) mass is 427 g/mol. The van der Waals surface area contributed by atoms with Gasteiger partial charge in [-0.2, -0.15) is 0 Å². The van der Waals surface area contributed by atoms with Gasteiger partial charge in [-0.05, 0) is 42.3 Å². The number of fused-ring (bicyclic) bond motifs is 1. The highest BCUT2D eigenvalue weighted by molar-refractivity contribution is 6.24. The Morgan fingerprint density at radius 2 is 1.50 bits per heavy atom. The Hall–Kier alpha value is -3.48. The van der Waals surface area contributed by atoms with E-state index < -0.39 is 12.0 Å². The molecule has 6 nitrogen and oxygen atoms in total. The molecule has 0 bridgehead atoms. The molecule has 2 aliphatic rings. The smallest absolute Gasteiger partial charge is 0.253 e. The molecule has 3 aromatic rings. The molecular weight excluding hydrogens is 402 g/mol. The van der Waals surface area contributed by atoms with Gasteiger partial charge in [0.2, 0.25) is 5.91 Å². The fraction of sp³-hybridized carbons (Fsp3) is 0.231. The maximum atomic E-state index is 13.6. The van der Waals surface area contributed by atoms with Crippen molar-refractivity contribution in [1.29, 1.82) is 0 Å². The van der Waals surface area contributed by atoms with E-state index in [1.807, 2.05) is 72.6 Å². The number of nitrogens with zero attached hydrogens (tertiary/aromatic N) is 2. The van der Waals surface area contributed by atoms with Crippen LogP contribution in [0.1, 0.15) is 24.1 Å². The first-order chi connectivity index (χ1) is 15.7. The molecule has 0 radical (unpaired) electrons. The van der Waals surface area contributed by atoms with Gasteiger partial charge in [0.1, 0.15) is 11.8 Å². The van der Waals surface area contributed by atoms with Crippen LogP contribution in [0.5, 0.6) is 5.75 Å². The van der Waals surface area contributed by atoms with Crippen LogP contribution in [0.3, 0.4) is 0 Å². The summed E-state index contributed by atoms with van der Waals surface area (Å²) >= 11 is 0. The van der Waals surface area contributed by atoms with Crippen molar-refractivity contribution in [1.82, 2.24) is 10.4 Å². The van der Waals surface area contributed by atoms with Crippen LogP contribution in [-0.4, -0.2) is 29.5 Å². The lowest BCUT2D eigenvalue weighted by molar-refractivity contribution is -0.124. The molecule has 32 heavy (non-hydrogen) atoms. The fourth-order valence-electron chi connectivity index (χ4n) is 4.65. The molecule has 1 N–H and O–H groups in total. The Morgan fingerprint density at radius 1 is 0.844 bits per heavy atom. The number of benzene rings is 3. The molecule has 6 heteroatoms. The summed E-state index contributed by atoms with van der Waals surface area (Å²) in [5.41, 5.74) is 6.10. The number of nitrogens with one attached hydrogen (secondary N) is 1. The van der Waals surface area contributed by atoms with Crippen molar-refractivity contribution in [3.05, 3.63) is 96.1 Å². The van der Waals surface area contributed by atoms with E-state index in [1.54, 1.807) is 24.3 Å². The van der Waals surface area contributed by atoms with Gasteiger partial charge in [-0.1, -0.05) is 60.7 Å². The summed E-state index contributed by atoms with van der Waals surface area (Å²) in [7, 11) is 0.